The normalized spacial score (nSPS) is 14.3. The van der Waals surface area contributed by atoms with Crippen molar-refractivity contribution in [1.29, 1.82) is 0 Å². The number of nitrogens with one attached hydrogen (secondary N) is 1. The first-order valence-electron chi connectivity index (χ1n) is 6.94. The number of aryl methyl sites for hydroxylation is 1. The van der Waals surface area contributed by atoms with Gasteiger partial charge in [-0.05, 0) is 37.0 Å². The van der Waals surface area contributed by atoms with Gasteiger partial charge < -0.3 is 10.2 Å². The second kappa shape index (κ2) is 7.03. The van der Waals surface area contributed by atoms with Crippen LogP contribution in [0.2, 0.25) is 0 Å². The summed E-state index contributed by atoms with van der Waals surface area (Å²) in [7, 11) is 0. The molecule has 1 heterocycles. The number of likely N-dealkylation sites (tertiary alicyclic amines) is 1. The third-order valence-corrected chi connectivity index (χ3v) is 3.45. The highest BCUT2D eigenvalue weighted by Crippen LogP contribution is 2.07. The Balaban J connectivity index is 1.67. The quantitative estimate of drug-likeness (QED) is 0.887. The van der Waals surface area contributed by atoms with Gasteiger partial charge in [-0.2, -0.15) is 0 Å². The average Bonchev–Trinajstić information content (AvgIpc) is 2.98. The Labute approximate surface area is 118 Å². The Hall–Kier alpha value is -1.91. The van der Waals surface area contributed by atoms with Crippen LogP contribution in [-0.2, 0) is 16.0 Å². The Kier molecular flexibility index (Phi) is 5.09. The van der Waals surface area contributed by atoms with Crippen LogP contribution in [0.1, 0.15) is 24.8 Å². The third-order valence-electron chi connectivity index (χ3n) is 3.45. The molecule has 108 valence electrons. The number of hydrogen-bond donors (Lipinski definition) is 1. The molecule has 0 aromatic heterocycles. The minimum Gasteiger partial charge on any atom is -0.347 e. The van der Waals surface area contributed by atoms with Gasteiger partial charge in [-0.15, -0.1) is 0 Å². The molecule has 0 unspecified atom stereocenters. The molecule has 2 rings (SSSR count). The van der Waals surface area contributed by atoms with Crippen molar-refractivity contribution in [1.82, 2.24) is 10.2 Å². The van der Waals surface area contributed by atoms with E-state index in [9.17, 15) is 14.0 Å². The number of nitrogens with zero attached hydrogens (tertiary/aromatic N) is 1. The van der Waals surface area contributed by atoms with Crippen LogP contribution < -0.4 is 5.32 Å². The third kappa shape index (κ3) is 4.33. The van der Waals surface area contributed by atoms with Gasteiger partial charge >= 0.3 is 0 Å². The Bertz CT molecular complexity index is 467. The molecule has 20 heavy (non-hydrogen) atoms. The Morgan fingerprint density at radius 1 is 1.15 bits per heavy atom. The summed E-state index contributed by atoms with van der Waals surface area (Å²) in [6, 6.07) is 6.09. The smallest absolute Gasteiger partial charge is 0.241 e. The van der Waals surface area contributed by atoms with Crippen LogP contribution in [0.4, 0.5) is 4.39 Å². The van der Waals surface area contributed by atoms with Crippen LogP contribution in [-0.4, -0.2) is 36.3 Å². The zero-order chi connectivity index (χ0) is 14.4. The molecule has 1 aromatic carbocycles. The lowest BCUT2D eigenvalue weighted by Gasteiger charge is -2.15. The van der Waals surface area contributed by atoms with E-state index >= 15 is 0 Å². The molecule has 4 nitrogen and oxygen atoms in total. The number of carbonyl (C=O) groups is 2. The van der Waals surface area contributed by atoms with Crippen molar-refractivity contribution in [2.45, 2.75) is 25.7 Å². The number of hydrogen-bond acceptors (Lipinski definition) is 2. The SMILES string of the molecule is O=C(CCc1ccc(F)cc1)NCC(=O)N1CCCC1. The summed E-state index contributed by atoms with van der Waals surface area (Å²) in [6.45, 7) is 1.66. The predicted molar refractivity (Wildman–Crippen MR) is 73.5 cm³/mol. The lowest BCUT2D eigenvalue weighted by atomic mass is 10.1. The monoisotopic (exact) mass is 278 g/mol. The topological polar surface area (TPSA) is 49.4 Å². The Morgan fingerprint density at radius 2 is 1.80 bits per heavy atom. The van der Waals surface area contributed by atoms with Gasteiger partial charge in [0.25, 0.3) is 0 Å². The minimum atomic E-state index is -0.283. The molecule has 1 N–H and O–H groups in total. The van der Waals surface area contributed by atoms with Gasteiger partial charge in [0.05, 0.1) is 6.54 Å². The molecule has 1 saturated heterocycles. The van der Waals surface area contributed by atoms with Crippen molar-refractivity contribution >= 4 is 11.8 Å². The maximum atomic E-state index is 12.7. The number of benzene rings is 1. The lowest BCUT2D eigenvalue weighted by Crippen LogP contribution is -2.38. The van der Waals surface area contributed by atoms with Gasteiger partial charge in [-0.25, -0.2) is 4.39 Å². The fraction of sp³-hybridized carbons (Fsp3) is 0.467. The molecule has 0 spiro atoms. The first kappa shape index (κ1) is 14.5. The molecule has 0 saturated carbocycles. The number of amides is 2. The molecule has 0 atom stereocenters. The zero-order valence-corrected chi connectivity index (χ0v) is 11.4. The van der Waals surface area contributed by atoms with Crippen molar-refractivity contribution in [3.05, 3.63) is 35.6 Å². The van der Waals surface area contributed by atoms with Crippen molar-refractivity contribution in [3.8, 4) is 0 Å². The fourth-order valence-electron chi connectivity index (χ4n) is 2.25. The summed E-state index contributed by atoms with van der Waals surface area (Å²) in [5, 5.41) is 2.64. The first-order valence-corrected chi connectivity index (χ1v) is 6.94. The van der Waals surface area contributed by atoms with Gasteiger partial charge in [0.2, 0.25) is 11.8 Å². The number of carbonyl (C=O) groups excluding carboxylic acids is 2. The molecule has 1 fully saturated rings. The van der Waals surface area contributed by atoms with Crippen LogP contribution in [0.5, 0.6) is 0 Å². The van der Waals surface area contributed by atoms with Gasteiger partial charge in [-0.3, -0.25) is 9.59 Å². The van der Waals surface area contributed by atoms with E-state index in [0.717, 1.165) is 31.5 Å². The van der Waals surface area contributed by atoms with E-state index in [1.54, 1.807) is 17.0 Å². The van der Waals surface area contributed by atoms with Crippen LogP contribution in [0.15, 0.2) is 24.3 Å². The van der Waals surface area contributed by atoms with E-state index in [1.165, 1.54) is 12.1 Å². The van der Waals surface area contributed by atoms with Gasteiger partial charge in [0.15, 0.2) is 0 Å². The van der Waals surface area contributed by atoms with Crippen molar-refractivity contribution < 1.29 is 14.0 Å². The van der Waals surface area contributed by atoms with Gasteiger partial charge in [-0.1, -0.05) is 12.1 Å². The van der Waals surface area contributed by atoms with Crippen molar-refractivity contribution in [3.63, 3.8) is 0 Å². The van der Waals surface area contributed by atoms with Crippen LogP contribution in [0.25, 0.3) is 0 Å². The van der Waals surface area contributed by atoms with Crippen molar-refractivity contribution in [2.24, 2.45) is 0 Å². The second-order valence-corrected chi connectivity index (χ2v) is 4.99. The van der Waals surface area contributed by atoms with E-state index < -0.39 is 0 Å². The highest BCUT2D eigenvalue weighted by molar-refractivity contribution is 5.84. The second-order valence-electron chi connectivity index (χ2n) is 4.99. The maximum Gasteiger partial charge on any atom is 0.241 e. The molecule has 1 aliphatic heterocycles. The van der Waals surface area contributed by atoms with E-state index in [-0.39, 0.29) is 24.2 Å². The summed E-state index contributed by atoms with van der Waals surface area (Å²) < 4.78 is 12.7. The van der Waals surface area contributed by atoms with E-state index in [1.807, 2.05) is 0 Å². The van der Waals surface area contributed by atoms with Crippen molar-refractivity contribution in [2.75, 3.05) is 19.6 Å². The van der Waals surface area contributed by atoms with E-state index in [2.05, 4.69) is 5.32 Å². The van der Waals surface area contributed by atoms with E-state index in [4.69, 9.17) is 0 Å². The average molecular weight is 278 g/mol. The molecule has 2 amide bonds. The molecule has 5 heteroatoms. The highest BCUT2D eigenvalue weighted by Gasteiger charge is 2.17. The Morgan fingerprint density at radius 3 is 2.45 bits per heavy atom. The summed E-state index contributed by atoms with van der Waals surface area (Å²) in [5.41, 5.74) is 0.910. The summed E-state index contributed by atoms with van der Waals surface area (Å²) in [6.07, 6.45) is 2.94. The molecule has 0 radical (unpaired) electrons. The molecule has 1 aromatic rings. The molecule has 1 aliphatic rings. The molecule has 0 aliphatic carbocycles. The van der Waals surface area contributed by atoms with Crippen LogP contribution >= 0.6 is 0 Å². The van der Waals surface area contributed by atoms with Crippen LogP contribution in [0, 0.1) is 5.82 Å². The standard InChI is InChI=1S/C15H19FN2O2/c16-13-6-3-12(4-7-13)5-8-14(19)17-11-15(20)18-9-1-2-10-18/h3-4,6-7H,1-2,5,8-11H2,(H,17,19). The molecule has 0 bridgehead atoms. The van der Waals surface area contributed by atoms with Crippen LogP contribution in [0.3, 0.4) is 0 Å². The van der Waals surface area contributed by atoms with E-state index in [0.29, 0.717) is 12.8 Å². The lowest BCUT2D eigenvalue weighted by molar-refractivity contribution is -0.132. The predicted octanol–water partition coefficient (Wildman–Crippen LogP) is 1.50. The first-order chi connectivity index (χ1) is 9.65. The highest BCUT2D eigenvalue weighted by atomic mass is 19.1. The zero-order valence-electron chi connectivity index (χ0n) is 11.4. The number of halogens is 1. The summed E-state index contributed by atoms with van der Waals surface area (Å²) in [4.78, 5) is 25.2. The largest absolute Gasteiger partial charge is 0.347 e. The molecular weight excluding hydrogens is 259 g/mol. The summed E-state index contributed by atoms with van der Waals surface area (Å²) >= 11 is 0. The van der Waals surface area contributed by atoms with Gasteiger partial charge in [0, 0.05) is 19.5 Å². The van der Waals surface area contributed by atoms with Gasteiger partial charge in [0.1, 0.15) is 5.82 Å². The summed E-state index contributed by atoms with van der Waals surface area (Å²) in [5.74, 6) is -0.450. The fourth-order valence-corrected chi connectivity index (χ4v) is 2.25. The maximum absolute atomic E-state index is 12.7. The molecular formula is C15H19FN2O2. The number of rotatable bonds is 5. The minimum absolute atomic E-state index is 0.0161.